The number of rotatable bonds is 24. The summed E-state index contributed by atoms with van der Waals surface area (Å²) in [5, 5.41) is 23.1. The van der Waals surface area contributed by atoms with Crippen LogP contribution in [0.3, 0.4) is 0 Å². The lowest BCUT2D eigenvalue weighted by Gasteiger charge is -2.35. The maximum Gasteiger partial charge on any atom is 0.293 e. The number of fused-ring (bicyclic) bond motifs is 1. The molecule has 0 saturated carbocycles. The number of amides is 4. The molecule has 404 valence electrons. The molecule has 7 rings (SSSR count). The topological polar surface area (TPSA) is 250 Å². The highest BCUT2D eigenvalue weighted by Gasteiger charge is 2.44. The summed E-state index contributed by atoms with van der Waals surface area (Å²) in [6, 6.07) is 13.0. The molecule has 5 heterocycles. The van der Waals surface area contributed by atoms with Gasteiger partial charge >= 0.3 is 0 Å². The van der Waals surface area contributed by atoms with Gasteiger partial charge in [0.15, 0.2) is 18.2 Å². The van der Waals surface area contributed by atoms with Crippen LogP contribution in [0.1, 0.15) is 51.3 Å². The number of likely N-dealkylation sites (tertiary alicyclic amines) is 1. The number of piperidine rings is 1. The largest absolute Gasteiger partial charge is 0.478 e. The molecule has 75 heavy (non-hydrogen) atoms. The number of nitrogens with zero attached hydrogens (tertiary/aromatic N) is 6. The summed E-state index contributed by atoms with van der Waals surface area (Å²) in [6.45, 7) is 10.3. The normalized spacial score (nSPS) is 16.5. The van der Waals surface area contributed by atoms with Gasteiger partial charge in [0.1, 0.15) is 23.7 Å². The number of aliphatic hydroxyl groups excluding tert-OH is 1. The van der Waals surface area contributed by atoms with Crippen molar-refractivity contribution in [3.63, 3.8) is 0 Å². The molecule has 2 aromatic carbocycles. The lowest BCUT2D eigenvalue weighted by atomic mass is 9.85. The first-order valence-electron chi connectivity index (χ1n) is 24.9. The van der Waals surface area contributed by atoms with Gasteiger partial charge in [-0.1, -0.05) is 56.6 Å². The van der Waals surface area contributed by atoms with Crippen molar-refractivity contribution in [3.8, 4) is 16.2 Å². The number of hydrogen-bond acceptors (Lipinski definition) is 17. The second-order valence-corrected chi connectivity index (χ2v) is 20.6. The summed E-state index contributed by atoms with van der Waals surface area (Å²) in [5.41, 5.74) is 4.99. The number of halogens is 1. The smallest absolute Gasteiger partial charge is 0.293 e. The van der Waals surface area contributed by atoms with Crippen LogP contribution < -0.4 is 36.5 Å². The van der Waals surface area contributed by atoms with Crippen LogP contribution in [0.15, 0.2) is 65.0 Å². The van der Waals surface area contributed by atoms with E-state index >= 15 is 0 Å². The van der Waals surface area contributed by atoms with E-state index in [0.717, 1.165) is 34.5 Å². The number of ether oxygens (including phenoxy) is 5. The molecule has 23 heteroatoms. The first kappa shape index (κ1) is 56.5. The molecule has 4 amide bonds. The number of aliphatic hydroxyl groups is 1. The highest BCUT2D eigenvalue weighted by Crippen LogP contribution is 2.31. The zero-order valence-corrected chi connectivity index (χ0v) is 44.8. The van der Waals surface area contributed by atoms with Crippen molar-refractivity contribution in [2.24, 2.45) is 12.5 Å². The predicted octanol–water partition coefficient (Wildman–Crippen LogP) is 4.13. The van der Waals surface area contributed by atoms with Crippen molar-refractivity contribution < 1.29 is 48.0 Å². The number of carbonyl (C=O) groups excluding carboxylic acids is 4. The second-order valence-electron chi connectivity index (χ2n) is 19.4. The molecule has 5 aromatic rings. The van der Waals surface area contributed by atoms with Crippen molar-refractivity contribution in [2.75, 3.05) is 89.8 Å². The van der Waals surface area contributed by atoms with Crippen molar-refractivity contribution in [3.05, 3.63) is 86.9 Å². The number of carbonyl (C=O) groups is 4. The maximum absolute atomic E-state index is 14.0. The average Bonchev–Trinajstić information content (AvgIpc) is 4.02. The van der Waals surface area contributed by atoms with Gasteiger partial charge in [0.2, 0.25) is 23.7 Å². The zero-order chi connectivity index (χ0) is 53.6. The number of hydrogen-bond donors (Lipinski definition) is 5. The third-order valence-corrected chi connectivity index (χ3v) is 14.1. The van der Waals surface area contributed by atoms with Crippen molar-refractivity contribution >= 4 is 74.9 Å². The minimum Gasteiger partial charge on any atom is -0.478 e. The Bertz CT molecular complexity index is 2820. The number of nitrogens with one attached hydrogen (secondary N) is 4. The number of thiazole rings is 1. The summed E-state index contributed by atoms with van der Waals surface area (Å²) in [4.78, 5) is 83.0. The fourth-order valence-corrected chi connectivity index (χ4v) is 9.62. The van der Waals surface area contributed by atoms with E-state index in [1.165, 1.54) is 16.5 Å². The van der Waals surface area contributed by atoms with Gasteiger partial charge in [-0.05, 0) is 60.6 Å². The molecular formula is C52H67ClN10O11S. The van der Waals surface area contributed by atoms with Crippen LogP contribution in [-0.4, -0.2) is 157 Å². The van der Waals surface area contributed by atoms with Crippen LogP contribution in [0.4, 0.5) is 17.5 Å². The summed E-state index contributed by atoms with van der Waals surface area (Å²) >= 11 is 8.09. The number of aromatic nitrogens is 4. The van der Waals surface area contributed by atoms with Gasteiger partial charge in [0.25, 0.3) is 11.5 Å². The SMILES string of the molecule is CNC(=O)COc1cc2cc(Nc3nc(N4CCC(OCCOCCOCCOCC(=O)N[C@H](C(=O)N5C[C@H](O)C[C@H]5C(=O)NCc5ccc(-c6scnc6C)cc5)C(C)(C)C)CC4)ncc3Cl)ccc2n(C)c1=O. The molecule has 3 aromatic heterocycles. The summed E-state index contributed by atoms with van der Waals surface area (Å²) in [5.74, 6) is -0.663. The minimum atomic E-state index is -0.976. The van der Waals surface area contributed by atoms with Crippen LogP contribution in [0.5, 0.6) is 5.75 Å². The lowest BCUT2D eigenvalue weighted by Crippen LogP contribution is -2.58. The van der Waals surface area contributed by atoms with Crippen molar-refractivity contribution in [1.29, 1.82) is 0 Å². The van der Waals surface area contributed by atoms with Gasteiger partial charge in [-0.2, -0.15) is 4.98 Å². The van der Waals surface area contributed by atoms with E-state index < -0.39 is 35.4 Å². The van der Waals surface area contributed by atoms with Gasteiger partial charge in [-0.25, -0.2) is 9.97 Å². The highest BCUT2D eigenvalue weighted by molar-refractivity contribution is 7.13. The summed E-state index contributed by atoms with van der Waals surface area (Å²) in [7, 11) is 3.13. The Morgan fingerprint density at radius 2 is 1.63 bits per heavy atom. The highest BCUT2D eigenvalue weighted by atomic mass is 35.5. The summed E-state index contributed by atoms with van der Waals surface area (Å²) < 4.78 is 29.9. The Hall–Kier alpha value is -6.27. The molecule has 3 atom stereocenters. The number of likely N-dealkylation sites (N-methyl/N-ethyl adjacent to an activating group) is 1. The number of anilines is 3. The van der Waals surface area contributed by atoms with Crippen LogP contribution in [0.2, 0.25) is 5.02 Å². The number of aryl methyl sites for hydroxylation is 2. The van der Waals surface area contributed by atoms with E-state index in [-0.39, 0.29) is 75.2 Å². The van der Waals surface area contributed by atoms with Gasteiger partial charge in [-0.3, -0.25) is 24.0 Å². The molecule has 0 spiro atoms. The third-order valence-electron chi connectivity index (χ3n) is 12.8. The third kappa shape index (κ3) is 15.4. The molecule has 0 bridgehead atoms. The molecule has 21 nitrogen and oxygen atoms in total. The second kappa shape index (κ2) is 26.5. The Labute approximate surface area is 444 Å². The molecule has 0 aliphatic carbocycles. The number of pyridine rings is 1. The number of benzene rings is 2. The first-order valence-corrected chi connectivity index (χ1v) is 26.2. The van der Waals surface area contributed by atoms with Crippen LogP contribution in [0, 0.1) is 12.3 Å². The van der Waals surface area contributed by atoms with E-state index in [2.05, 4.69) is 36.1 Å². The van der Waals surface area contributed by atoms with Gasteiger partial charge < -0.3 is 64.4 Å². The van der Waals surface area contributed by atoms with E-state index in [0.29, 0.717) is 72.9 Å². The van der Waals surface area contributed by atoms with Crippen molar-refractivity contribution in [1.82, 2.24) is 40.4 Å². The van der Waals surface area contributed by atoms with E-state index in [9.17, 15) is 29.1 Å². The fraction of sp³-hybridized carbons (Fsp3) is 0.500. The molecule has 2 fully saturated rings. The van der Waals surface area contributed by atoms with Crippen LogP contribution in [0.25, 0.3) is 21.3 Å². The lowest BCUT2D eigenvalue weighted by molar-refractivity contribution is -0.144. The Kier molecular flexibility index (Phi) is 19.9. The fourth-order valence-electron chi connectivity index (χ4n) is 8.67. The van der Waals surface area contributed by atoms with Crippen molar-refractivity contribution in [2.45, 2.75) is 77.8 Å². The molecule has 2 aliphatic heterocycles. The molecule has 0 unspecified atom stereocenters. The quantitative estimate of drug-likeness (QED) is 0.0545. The van der Waals surface area contributed by atoms with Gasteiger partial charge in [-0.15, -0.1) is 11.3 Å². The van der Waals surface area contributed by atoms with E-state index in [1.807, 2.05) is 69.6 Å². The van der Waals surface area contributed by atoms with Gasteiger partial charge in [0.05, 0.1) is 79.6 Å². The first-order chi connectivity index (χ1) is 36.0. The Balaban J connectivity index is 0.750. The monoisotopic (exact) mass is 1070 g/mol. The summed E-state index contributed by atoms with van der Waals surface area (Å²) in [6.07, 6.45) is 2.35. The average molecular weight is 1080 g/mol. The molecule has 5 N–H and O–H groups in total. The molecule has 2 saturated heterocycles. The molecular weight excluding hydrogens is 1010 g/mol. The molecule has 2 aliphatic rings. The van der Waals surface area contributed by atoms with Gasteiger partial charge in [0, 0.05) is 57.8 Å². The van der Waals surface area contributed by atoms with E-state index in [4.69, 9.17) is 40.3 Å². The van der Waals surface area contributed by atoms with Crippen LogP contribution >= 0.6 is 22.9 Å². The van der Waals surface area contributed by atoms with Crippen LogP contribution in [-0.2, 0) is 51.7 Å². The maximum atomic E-state index is 14.0. The number of β-amino-alcohol motifs (C(OH)–C–C–N with tert-alkyl or cyclic N) is 1. The Morgan fingerprint density at radius 1 is 0.920 bits per heavy atom. The molecule has 0 radical (unpaired) electrons. The van der Waals surface area contributed by atoms with E-state index in [1.54, 1.807) is 36.7 Å². The Morgan fingerprint density at radius 3 is 2.31 bits per heavy atom. The predicted molar refractivity (Wildman–Crippen MR) is 284 cm³/mol. The standard InChI is InChI=1S/C52H67ClN10O11S/c1-32-45(75-31-57-32)34-9-7-33(8-10-34)26-55-48(67)41-25-37(64)28-63(41)50(69)46(52(2,3)4)59-44(66)29-72-20-19-70-17-18-71-21-22-73-38-13-15-62(16-14-38)51-56-27-39(53)47(60-51)58-36-11-12-40-35(23-36)24-42(49(68)61(40)6)74-30-43(65)54-5/h7-12,23-24,27,31,37-38,41,46,64H,13-22,25-26,28-30H2,1-6H3,(H,54,65)(H,55,67)(H,59,66)(H,56,58,60)/t37-,41+,46-/m1/s1. The minimum absolute atomic E-state index is 0.0251. The zero-order valence-electron chi connectivity index (χ0n) is 43.2.